The smallest absolute Gasteiger partial charge is 0.257 e. The molecule has 0 unspecified atom stereocenters. The molecule has 1 atom stereocenters. The number of hydrogen-bond acceptors (Lipinski definition) is 5. The monoisotopic (exact) mass is 301 g/mol. The summed E-state index contributed by atoms with van der Waals surface area (Å²) in [5.41, 5.74) is 0.603. The predicted molar refractivity (Wildman–Crippen MR) is 79.9 cm³/mol. The van der Waals surface area contributed by atoms with Crippen LogP contribution in [0.3, 0.4) is 0 Å². The van der Waals surface area contributed by atoms with E-state index in [2.05, 4.69) is 10.1 Å². The Morgan fingerprint density at radius 1 is 1.45 bits per heavy atom. The van der Waals surface area contributed by atoms with E-state index in [1.54, 1.807) is 13.0 Å². The number of ether oxygens (including phenoxy) is 1. The lowest BCUT2D eigenvalue weighted by Crippen LogP contribution is -2.28. The number of aryl methyl sites for hydroxylation is 1. The first-order chi connectivity index (χ1) is 10.7. The van der Waals surface area contributed by atoms with Crippen molar-refractivity contribution in [2.75, 3.05) is 19.7 Å². The lowest BCUT2D eigenvalue weighted by molar-refractivity contribution is 0.0785. The summed E-state index contributed by atoms with van der Waals surface area (Å²) in [6.45, 7) is 5.52. The van der Waals surface area contributed by atoms with Gasteiger partial charge in [0.1, 0.15) is 5.75 Å². The molecule has 0 saturated carbocycles. The van der Waals surface area contributed by atoms with Crippen molar-refractivity contribution in [3.8, 4) is 5.75 Å². The molecule has 22 heavy (non-hydrogen) atoms. The molecule has 0 radical (unpaired) electrons. The standard InChI is InChI=1S/C16H19N3O3/c1-3-21-14-7-5-4-6-13(14)16(20)19-9-8-12(10-19)15-17-11(2)18-22-15/h4-7,12H,3,8-10H2,1-2H3/t12-/m0/s1. The number of rotatable bonds is 4. The second-order valence-corrected chi connectivity index (χ2v) is 5.35. The Balaban J connectivity index is 1.74. The third kappa shape index (κ3) is 2.81. The summed E-state index contributed by atoms with van der Waals surface area (Å²) >= 11 is 0. The minimum Gasteiger partial charge on any atom is -0.493 e. The zero-order chi connectivity index (χ0) is 15.5. The second kappa shape index (κ2) is 6.17. The highest BCUT2D eigenvalue weighted by atomic mass is 16.5. The van der Waals surface area contributed by atoms with E-state index in [1.807, 2.05) is 30.0 Å². The van der Waals surface area contributed by atoms with E-state index in [1.165, 1.54) is 0 Å². The zero-order valence-corrected chi connectivity index (χ0v) is 12.8. The van der Waals surface area contributed by atoms with Gasteiger partial charge in [-0.25, -0.2) is 0 Å². The molecule has 6 nitrogen and oxygen atoms in total. The van der Waals surface area contributed by atoms with E-state index < -0.39 is 0 Å². The third-order valence-electron chi connectivity index (χ3n) is 3.79. The maximum atomic E-state index is 12.7. The van der Waals surface area contributed by atoms with Crippen molar-refractivity contribution in [2.24, 2.45) is 0 Å². The van der Waals surface area contributed by atoms with Gasteiger partial charge in [0.2, 0.25) is 5.89 Å². The normalized spacial score (nSPS) is 17.7. The van der Waals surface area contributed by atoms with E-state index >= 15 is 0 Å². The van der Waals surface area contributed by atoms with Gasteiger partial charge in [-0.1, -0.05) is 17.3 Å². The Labute approximate surface area is 129 Å². The van der Waals surface area contributed by atoms with E-state index in [4.69, 9.17) is 9.26 Å². The van der Waals surface area contributed by atoms with Gasteiger partial charge in [0, 0.05) is 13.1 Å². The van der Waals surface area contributed by atoms with Crippen LogP contribution in [0.25, 0.3) is 0 Å². The predicted octanol–water partition coefficient (Wildman–Crippen LogP) is 2.41. The summed E-state index contributed by atoms with van der Waals surface area (Å²) in [6, 6.07) is 7.35. The summed E-state index contributed by atoms with van der Waals surface area (Å²) in [6.07, 6.45) is 0.837. The molecule has 1 aromatic heterocycles. The molecule has 2 aromatic rings. The highest BCUT2D eigenvalue weighted by Crippen LogP contribution is 2.29. The summed E-state index contributed by atoms with van der Waals surface area (Å²) in [5.74, 6) is 1.98. The molecular formula is C16H19N3O3. The number of likely N-dealkylation sites (tertiary alicyclic amines) is 1. The first-order valence-corrected chi connectivity index (χ1v) is 7.50. The molecule has 1 saturated heterocycles. The molecule has 3 rings (SSSR count). The van der Waals surface area contributed by atoms with Crippen molar-refractivity contribution < 1.29 is 14.1 Å². The fraction of sp³-hybridized carbons (Fsp3) is 0.438. The SMILES string of the molecule is CCOc1ccccc1C(=O)N1CC[C@H](c2nc(C)no2)C1. The molecule has 1 aromatic carbocycles. The van der Waals surface area contributed by atoms with Crippen molar-refractivity contribution in [2.45, 2.75) is 26.2 Å². The lowest BCUT2D eigenvalue weighted by Gasteiger charge is -2.18. The van der Waals surface area contributed by atoms with Crippen molar-refractivity contribution in [1.29, 1.82) is 0 Å². The van der Waals surface area contributed by atoms with Gasteiger partial charge in [-0.3, -0.25) is 4.79 Å². The molecular weight excluding hydrogens is 282 g/mol. The van der Waals surface area contributed by atoms with E-state index in [0.717, 1.165) is 6.42 Å². The van der Waals surface area contributed by atoms with Crippen LogP contribution >= 0.6 is 0 Å². The van der Waals surface area contributed by atoms with Crippen LogP contribution in [0.5, 0.6) is 5.75 Å². The van der Waals surface area contributed by atoms with Crippen molar-refractivity contribution in [1.82, 2.24) is 15.0 Å². The number of para-hydroxylation sites is 1. The van der Waals surface area contributed by atoms with Crippen LogP contribution in [0.2, 0.25) is 0 Å². The molecule has 2 heterocycles. The Morgan fingerprint density at radius 2 is 2.27 bits per heavy atom. The summed E-state index contributed by atoms with van der Waals surface area (Å²) in [4.78, 5) is 18.8. The topological polar surface area (TPSA) is 68.5 Å². The van der Waals surface area contributed by atoms with Gasteiger partial charge in [0.15, 0.2) is 5.82 Å². The summed E-state index contributed by atoms with van der Waals surface area (Å²) in [7, 11) is 0. The van der Waals surface area contributed by atoms with Gasteiger partial charge in [-0.05, 0) is 32.4 Å². The number of hydrogen-bond donors (Lipinski definition) is 0. The number of nitrogens with zero attached hydrogens (tertiary/aromatic N) is 3. The van der Waals surface area contributed by atoms with Crippen LogP contribution in [0, 0.1) is 6.92 Å². The maximum absolute atomic E-state index is 12.7. The molecule has 1 aliphatic rings. The van der Waals surface area contributed by atoms with Crippen LogP contribution in [0.1, 0.15) is 41.3 Å². The largest absolute Gasteiger partial charge is 0.493 e. The van der Waals surface area contributed by atoms with Crippen LogP contribution in [-0.4, -0.2) is 40.6 Å². The van der Waals surface area contributed by atoms with Crippen molar-refractivity contribution in [3.05, 3.63) is 41.5 Å². The highest BCUT2D eigenvalue weighted by molar-refractivity contribution is 5.97. The molecule has 0 spiro atoms. The number of benzene rings is 1. The highest BCUT2D eigenvalue weighted by Gasteiger charge is 2.32. The van der Waals surface area contributed by atoms with Crippen molar-refractivity contribution >= 4 is 5.91 Å². The van der Waals surface area contributed by atoms with E-state index in [0.29, 0.717) is 42.7 Å². The number of carbonyl (C=O) groups is 1. The van der Waals surface area contributed by atoms with Gasteiger partial charge in [-0.2, -0.15) is 4.98 Å². The van der Waals surface area contributed by atoms with Crippen LogP contribution in [-0.2, 0) is 0 Å². The van der Waals surface area contributed by atoms with Gasteiger partial charge < -0.3 is 14.2 Å². The zero-order valence-electron chi connectivity index (χ0n) is 12.8. The Bertz CT molecular complexity index is 668. The minimum absolute atomic E-state index is 0.0113. The fourth-order valence-electron chi connectivity index (χ4n) is 2.72. The minimum atomic E-state index is -0.0113. The van der Waals surface area contributed by atoms with Gasteiger partial charge in [0.25, 0.3) is 5.91 Å². The van der Waals surface area contributed by atoms with Crippen molar-refractivity contribution in [3.63, 3.8) is 0 Å². The third-order valence-corrected chi connectivity index (χ3v) is 3.79. The quantitative estimate of drug-likeness (QED) is 0.867. The summed E-state index contributed by atoms with van der Waals surface area (Å²) < 4.78 is 10.8. The first kappa shape index (κ1) is 14.6. The average molecular weight is 301 g/mol. The molecule has 1 aliphatic heterocycles. The van der Waals surface area contributed by atoms with Crippen LogP contribution in [0.4, 0.5) is 0 Å². The Morgan fingerprint density at radius 3 is 3.00 bits per heavy atom. The second-order valence-electron chi connectivity index (χ2n) is 5.35. The first-order valence-electron chi connectivity index (χ1n) is 7.50. The molecule has 6 heteroatoms. The Kier molecular flexibility index (Phi) is 4.09. The Hall–Kier alpha value is -2.37. The molecule has 1 fully saturated rings. The molecule has 116 valence electrons. The lowest BCUT2D eigenvalue weighted by atomic mass is 10.1. The number of carbonyl (C=O) groups excluding carboxylic acids is 1. The molecule has 0 N–H and O–H groups in total. The van der Waals surface area contributed by atoms with Crippen LogP contribution in [0.15, 0.2) is 28.8 Å². The molecule has 0 aliphatic carbocycles. The van der Waals surface area contributed by atoms with Crippen LogP contribution < -0.4 is 4.74 Å². The number of amides is 1. The van der Waals surface area contributed by atoms with E-state index in [9.17, 15) is 4.79 Å². The number of aromatic nitrogens is 2. The maximum Gasteiger partial charge on any atom is 0.257 e. The fourth-order valence-corrected chi connectivity index (χ4v) is 2.72. The van der Waals surface area contributed by atoms with Gasteiger partial charge in [0.05, 0.1) is 18.1 Å². The molecule has 0 bridgehead atoms. The summed E-state index contributed by atoms with van der Waals surface area (Å²) in [5, 5.41) is 3.82. The van der Waals surface area contributed by atoms with Gasteiger partial charge >= 0.3 is 0 Å². The van der Waals surface area contributed by atoms with Gasteiger partial charge in [-0.15, -0.1) is 0 Å². The average Bonchev–Trinajstić information content (AvgIpc) is 3.16. The van der Waals surface area contributed by atoms with E-state index in [-0.39, 0.29) is 11.8 Å². The molecule has 1 amide bonds.